The maximum atomic E-state index is 13.0. The van der Waals surface area contributed by atoms with Gasteiger partial charge in [0.2, 0.25) is 0 Å². The first-order valence-electron chi connectivity index (χ1n) is 8.35. The van der Waals surface area contributed by atoms with E-state index in [1.807, 2.05) is 29.2 Å². The molecule has 4 rings (SSSR count). The number of rotatable bonds is 3. The number of methoxy groups -OCH3 is 1. The second kappa shape index (κ2) is 6.51. The van der Waals surface area contributed by atoms with Crippen LogP contribution in [-0.4, -0.2) is 51.2 Å². The smallest absolute Gasteiger partial charge is 0.257 e. The highest BCUT2D eigenvalue weighted by Crippen LogP contribution is 2.30. The van der Waals surface area contributed by atoms with Crippen LogP contribution >= 0.6 is 0 Å². The number of nitrogens with zero attached hydrogens (tertiary/aromatic N) is 4. The Labute approximate surface area is 145 Å². The lowest BCUT2D eigenvalue weighted by molar-refractivity contribution is 0.0703. The van der Waals surface area contributed by atoms with Crippen molar-refractivity contribution >= 4 is 17.1 Å². The van der Waals surface area contributed by atoms with Crippen LogP contribution in [0.25, 0.3) is 11.2 Å². The van der Waals surface area contributed by atoms with Gasteiger partial charge in [-0.2, -0.15) is 5.10 Å². The number of piperidine rings is 1. The number of amides is 1. The van der Waals surface area contributed by atoms with Crippen molar-refractivity contribution in [2.75, 3.05) is 20.2 Å². The molecule has 0 aliphatic carbocycles. The summed E-state index contributed by atoms with van der Waals surface area (Å²) in [5, 5.41) is 7.29. The van der Waals surface area contributed by atoms with Crippen LogP contribution in [0.5, 0.6) is 5.75 Å². The predicted octanol–water partition coefficient (Wildman–Crippen LogP) is 2.38. The van der Waals surface area contributed by atoms with Crippen molar-refractivity contribution in [1.29, 1.82) is 0 Å². The molecule has 1 aromatic carbocycles. The van der Waals surface area contributed by atoms with E-state index in [9.17, 15) is 4.79 Å². The molecule has 1 fully saturated rings. The molecule has 7 nitrogen and oxygen atoms in total. The van der Waals surface area contributed by atoms with Crippen LogP contribution in [0, 0.1) is 0 Å². The molecule has 3 heterocycles. The summed E-state index contributed by atoms with van der Waals surface area (Å²) in [7, 11) is 1.58. The zero-order valence-electron chi connectivity index (χ0n) is 14.0. The summed E-state index contributed by atoms with van der Waals surface area (Å²) < 4.78 is 5.33. The molecule has 3 aromatic rings. The van der Waals surface area contributed by atoms with Crippen LogP contribution in [0.15, 0.2) is 36.7 Å². The molecule has 128 valence electrons. The molecule has 25 heavy (non-hydrogen) atoms. The lowest BCUT2D eigenvalue weighted by Gasteiger charge is -2.32. The number of hydrogen-bond acceptors (Lipinski definition) is 5. The summed E-state index contributed by atoms with van der Waals surface area (Å²) in [4.78, 5) is 23.4. The van der Waals surface area contributed by atoms with Crippen molar-refractivity contribution in [3.63, 3.8) is 0 Å². The standard InChI is InChI=1S/C18H19N5O2/c1-25-14-7-3-2-6-13(14)18(24)23-10-4-5-12(11-23)15-16-17(22-21-15)20-9-8-19-16/h2-3,6-9,12H,4-5,10-11H2,1H3,(H,20,21,22)/t12-/m1/s1. The van der Waals surface area contributed by atoms with Gasteiger partial charge >= 0.3 is 0 Å². The minimum absolute atomic E-state index is 0.00273. The third kappa shape index (κ3) is 2.82. The SMILES string of the molecule is COc1ccccc1C(=O)N1CCC[C@@H](c2[nH]nc3nccnc23)C1. The maximum Gasteiger partial charge on any atom is 0.257 e. The Bertz CT molecular complexity index is 907. The molecule has 0 bridgehead atoms. The second-order valence-electron chi connectivity index (χ2n) is 6.16. The molecule has 1 saturated heterocycles. The van der Waals surface area contributed by atoms with Crippen molar-refractivity contribution in [2.45, 2.75) is 18.8 Å². The van der Waals surface area contributed by atoms with E-state index >= 15 is 0 Å². The number of aromatic nitrogens is 4. The molecule has 1 N–H and O–H groups in total. The van der Waals surface area contributed by atoms with E-state index in [2.05, 4.69) is 20.2 Å². The average Bonchev–Trinajstić information content (AvgIpc) is 3.11. The number of ether oxygens (including phenoxy) is 1. The minimum Gasteiger partial charge on any atom is -0.496 e. The first-order chi connectivity index (χ1) is 12.3. The lowest BCUT2D eigenvalue weighted by atomic mass is 9.93. The Hall–Kier alpha value is -2.96. The molecular weight excluding hydrogens is 318 g/mol. The summed E-state index contributed by atoms with van der Waals surface area (Å²) in [6.07, 6.45) is 5.23. The van der Waals surface area contributed by atoms with Crippen molar-refractivity contribution in [1.82, 2.24) is 25.1 Å². The average molecular weight is 337 g/mol. The Kier molecular flexibility index (Phi) is 4.05. The Morgan fingerprint density at radius 3 is 3.00 bits per heavy atom. The highest BCUT2D eigenvalue weighted by atomic mass is 16.5. The van der Waals surface area contributed by atoms with Crippen molar-refractivity contribution in [2.24, 2.45) is 0 Å². The summed E-state index contributed by atoms with van der Waals surface area (Å²) in [5.74, 6) is 0.777. The number of carbonyl (C=O) groups excluding carboxylic acids is 1. The van der Waals surface area contributed by atoms with Gasteiger partial charge in [-0.25, -0.2) is 9.97 Å². The first kappa shape index (κ1) is 15.6. The van der Waals surface area contributed by atoms with Crippen LogP contribution in [0.4, 0.5) is 0 Å². The molecule has 0 unspecified atom stereocenters. The Balaban J connectivity index is 1.60. The second-order valence-corrected chi connectivity index (χ2v) is 6.16. The molecule has 1 amide bonds. The Morgan fingerprint density at radius 1 is 1.28 bits per heavy atom. The van der Waals surface area contributed by atoms with Crippen molar-refractivity contribution in [3.8, 4) is 5.75 Å². The fraction of sp³-hybridized carbons (Fsp3) is 0.333. The van der Waals surface area contributed by atoms with Gasteiger partial charge in [0, 0.05) is 31.4 Å². The van der Waals surface area contributed by atoms with Gasteiger partial charge in [-0.3, -0.25) is 9.89 Å². The number of likely N-dealkylation sites (tertiary alicyclic amines) is 1. The number of nitrogens with one attached hydrogen (secondary N) is 1. The minimum atomic E-state index is -0.00273. The Morgan fingerprint density at radius 2 is 2.12 bits per heavy atom. The number of para-hydroxylation sites is 1. The lowest BCUT2D eigenvalue weighted by Crippen LogP contribution is -2.39. The third-order valence-electron chi connectivity index (χ3n) is 4.67. The van der Waals surface area contributed by atoms with Crippen LogP contribution in [0.3, 0.4) is 0 Å². The van der Waals surface area contributed by atoms with Crippen LogP contribution in [0.2, 0.25) is 0 Å². The fourth-order valence-corrected chi connectivity index (χ4v) is 3.44. The van der Waals surface area contributed by atoms with Crippen LogP contribution < -0.4 is 4.74 Å². The third-order valence-corrected chi connectivity index (χ3v) is 4.67. The van der Waals surface area contributed by atoms with E-state index in [0.717, 1.165) is 30.6 Å². The summed E-state index contributed by atoms with van der Waals surface area (Å²) in [5.41, 5.74) is 2.96. The number of benzene rings is 1. The molecule has 7 heteroatoms. The first-order valence-corrected chi connectivity index (χ1v) is 8.35. The van der Waals surface area contributed by atoms with Gasteiger partial charge in [0.25, 0.3) is 5.91 Å². The normalized spacial score (nSPS) is 17.6. The number of aromatic amines is 1. The molecular formula is C18H19N5O2. The highest BCUT2D eigenvalue weighted by Gasteiger charge is 2.29. The van der Waals surface area contributed by atoms with Gasteiger partial charge in [0.15, 0.2) is 5.65 Å². The zero-order valence-corrected chi connectivity index (χ0v) is 14.0. The largest absolute Gasteiger partial charge is 0.496 e. The van der Waals surface area contributed by atoms with E-state index < -0.39 is 0 Å². The zero-order chi connectivity index (χ0) is 17.2. The molecule has 0 spiro atoms. The van der Waals surface area contributed by atoms with Gasteiger partial charge < -0.3 is 9.64 Å². The quantitative estimate of drug-likeness (QED) is 0.793. The molecule has 1 aliphatic heterocycles. The molecule has 1 aliphatic rings. The van der Waals surface area contributed by atoms with Gasteiger partial charge in [0.05, 0.1) is 18.4 Å². The van der Waals surface area contributed by atoms with Crippen LogP contribution in [-0.2, 0) is 0 Å². The predicted molar refractivity (Wildman–Crippen MR) is 92.6 cm³/mol. The monoisotopic (exact) mass is 337 g/mol. The van der Waals surface area contributed by atoms with Crippen molar-refractivity contribution in [3.05, 3.63) is 47.9 Å². The summed E-state index contributed by atoms with van der Waals surface area (Å²) >= 11 is 0. The molecule has 0 saturated carbocycles. The summed E-state index contributed by atoms with van der Waals surface area (Å²) in [6, 6.07) is 7.34. The van der Waals surface area contributed by atoms with Gasteiger partial charge in [-0.05, 0) is 25.0 Å². The molecule has 1 atom stereocenters. The number of fused-ring (bicyclic) bond motifs is 1. The van der Waals surface area contributed by atoms with E-state index in [4.69, 9.17) is 4.74 Å². The van der Waals surface area contributed by atoms with E-state index in [0.29, 0.717) is 23.5 Å². The maximum absolute atomic E-state index is 13.0. The molecule has 0 radical (unpaired) electrons. The highest BCUT2D eigenvalue weighted by molar-refractivity contribution is 5.97. The summed E-state index contributed by atoms with van der Waals surface area (Å²) in [6.45, 7) is 1.37. The van der Waals surface area contributed by atoms with Gasteiger partial charge in [-0.15, -0.1) is 0 Å². The van der Waals surface area contributed by atoms with E-state index in [-0.39, 0.29) is 11.8 Å². The number of hydrogen-bond donors (Lipinski definition) is 1. The fourth-order valence-electron chi connectivity index (χ4n) is 3.44. The topological polar surface area (TPSA) is 84.0 Å². The van der Waals surface area contributed by atoms with Gasteiger partial charge in [0.1, 0.15) is 11.3 Å². The van der Waals surface area contributed by atoms with Crippen LogP contribution in [0.1, 0.15) is 34.8 Å². The molecule has 2 aromatic heterocycles. The van der Waals surface area contributed by atoms with Gasteiger partial charge in [-0.1, -0.05) is 12.1 Å². The number of carbonyl (C=O) groups is 1. The van der Waals surface area contributed by atoms with Crippen molar-refractivity contribution < 1.29 is 9.53 Å². The van der Waals surface area contributed by atoms with E-state index in [1.165, 1.54) is 0 Å². The van der Waals surface area contributed by atoms with E-state index in [1.54, 1.807) is 19.5 Å². The number of H-pyrrole nitrogens is 1.